The Morgan fingerprint density at radius 3 is 2.48 bits per heavy atom. The molecule has 0 radical (unpaired) electrons. The van der Waals surface area contributed by atoms with Crippen LogP contribution in [0.3, 0.4) is 0 Å². The molecule has 2 heterocycles. The number of aryl methyl sites for hydroxylation is 1. The van der Waals surface area contributed by atoms with Gasteiger partial charge in [0.15, 0.2) is 0 Å². The first kappa shape index (κ1) is 14.6. The van der Waals surface area contributed by atoms with Gasteiger partial charge in [-0.15, -0.1) is 0 Å². The van der Waals surface area contributed by atoms with Crippen LogP contribution in [-0.4, -0.2) is 12.4 Å². The van der Waals surface area contributed by atoms with Crippen LogP contribution in [0.5, 0.6) is 0 Å². The Morgan fingerprint density at radius 2 is 1.86 bits per heavy atom. The number of halogens is 1. The van der Waals surface area contributed by atoms with Crippen LogP contribution in [-0.2, 0) is 10.0 Å². The molecule has 3 aromatic rings. The van der Waals surface area contributed by atoms with Crippen LogP contribution >= 0.6 is 27.3 Å². The van der Waals surface area contributed by atoms with Crippen molar-refractivity contribution >= 4 is 37.3 Å². The fraction of sp³-hybridized carbons (Fsp3) is 0.0667. The first-order chi connectivity index (χ1) is 9.98. The van der Waals surface area contributed by atoms with Gasteiger partial charge in [0.2, 0.25) is 0 Å². The van der Waals surface area contributed by atoms with Crippen molar-refractivity contribution in [3.63, 3.8) is 0 Å². The van der Waals surface area contributed by atoms with Crippen molar-refractivity contribution in [3.05, 3.63) is 63.4 Å². The number of hydrogen-bond donors (Lipinski definition) is 0. The van der Waals surface area contributed by atoms with Gasteiger partial charge in [-0.3, -0.25) is 0 Å². The van der Waals surface area contributed by atoms with Gasteiger partial charge in [-0.25, -0.2) is 12.4 Å². The van der Waals surface area contributed by atoms with Gasteiger partial charge < -0.3 is 0 Å². The SMILES string of the molecule is Cc1ccc(S(=O)(=O)n2cc(Br)cc2-c2ccsc2)cc1. The predicted molar refractivity (Wildman–Crippen MR) is 89.2 cm³/mol. The van der Waals surface area contributed by atoms with Crippen LogP contribution in [0.2, 0.25) is 0 Å². The number of benzene rings is 1. The number of nitrogens with zero attached hydrogens (tertiary/aromatic N) is 1. The topological polar surface area (TPSA) is 39.1 Å². The summed E-state index contributed by atoms with van der Waals surface area (Å²) in [6, 6.07) is 10.6. The lowest BCUT2D eigenvalue weighted by atomic mass is 10.2. The quantitative estimate of drug-likeness (QED) is 0.668. The molecule has 108 valence electrons. The first-order valence-corrected chi connectivity index (χ1v) is 9.39. The lowest BCUT2D eigenvalue weighted by Crippen LogP contribution is -2.13. The third-order valence-corrected chi connectivity index (χ3v) is 5.95. The molecule has 0 atom stereocenters. The molecule has 0 aliphatic heterocycles. The van der Waals surface area contributed by atoms with Gasteiger partial charge in [0.25, 0.3) is 10.0 Å². The molecule has 1 aromatic carbocycles. The number of thiophene rings is 1. The highest BCUT2D eigenvalue weighted by molar-refractivity contribution is 9.10. The summed E-state index contributed by atoms with van der Waals surface area (Å²) in [5, 5.41) is 3.86. The second kappa shape index (κ2) is 5.44. The Labute approximate surface area is 136 Å². The van der Waals surface area contributed by atoms with Gasteiger partial charge in [-0.2, -0.15) is 11.3 Å². The fourth-order valence-electron chi connectivity index (χ4n) is 2.06. The molecule has 0 N–H and O–H groups in total. The minimum atomic E-state index is -3.60. The summed E-state index contributed by atoms with van der Waals surface area (Å²) in [5.74, 6) is 0. The number of rotatable bonds is 3. The molecule has 0 fully saturated rings. The second-order valence-electron chi connectivity index (χ2n) is 4.67. The lowest BCUT2D eigenvalue weighted by molar-refractivity contribution is 0.588. The van der Waals surface area contributed by atoms with Gasteiger partial charge in [-0.1, -0.05) is 17.7 Å². The summed E-state index contributed by atoms with van der Waals surface area (Å²) in [6.07, 6.45) is 1.59. The molecule has 21 heavy (non-hydrogen) atoms. The van der Waals surface area contributed by atoms with E-state index < -0.39 is 10.0 Å². The summed E-state index contributed by atoms with van der Waals surface area (Å²) in [7, 11) is -3.60. The Bertz CT molecular complexity index is 863. The third kappa shape index (κ3) is 2.71. The zero-order valence-corrected chi connectivity index (χ0v) is 14.4. The van der Waals surface area contributed by atoms with E-state index in [1.165, 1.54) is 15.3 Å². The molecule has 0 saturated carbocycles. The highest BCUT2D eigenvalue weighted by Crippen LogP contribution is 2.30. The van der Waals surface area contributed by atoms with Crippen LogP contribution in [0.15, 0.2) is 62.7 Å². The zero-order valence-electron chi connectivity index (χ0n) is 11.2. The Hall–Kier alpha value is -1.37. The van der Waals surface area contributed by atoms with Gasteiger partial charge in [-0.05, 0) is 52.5 Å². The van der Waals surface area contributed by atoms with Crippen molar-refractivity contribution in [1.29, 1.82) is 0 Å². The van der Waals surface area contributed by atoms with Crippen molar-refractivity contribution < 1.29 is 8.42 Å². The molecule has 3 nitrogen and oxygen atoms in total. The largest absolute Gasteiger partial charge is 0.268 e. The molecule has 6 heteroatoms. The van der Waals surface area contributed by atoms with E-state index in [-0.39, 0.29) is 4.90 Å². The molecular weight excluding hydrogens is 370 g/mol. The van der Waals surface area contributed by atoms with E-state index in [2.05, 4.69) is 15.9 Å². The first-order valence-electron chi connectivity index (χ1n) is 6.21. The lowest BCUT2D eigenvalue weighted by Gasteiger charge is -2.10. The normalized spacial score (nSPS) is 11.7. The average Bonchev–Trinajstić information content (AvgIpc) is 3.08. The monoisotopic (exact) mass is 381 g/mol. The highest BCUT2D eigenvalue weighted by Gasteiger charge is 2.21. The summed E-state index contributed by atoms with van der Waals surface area (Å²) in [5.41, 5.74) is 2.57. The molecule has 0 spiro atoms. The maximum Gasteiger partial charge on any atom is 0.268 e. The maximum absolute atomic E-state index is 12.8. The van der Waals surface area contributed by atoms with Crippen molar-refractivity contribution in [2.24, 2.45) is 0 Å². The molecule has 0 bridgehead atoms. The fourth-order valence-corrected chi connectivity index (χ4v) is 4.64. The van der Waals surface area contributed by atoms with Gasteiger partial charge in [0.05, 0.1) is 10.6 Å². The Morgan fingerprint density at radius 1 is 1.14 bits per heavy atom. The Kier molecular flexibility index (Phi) is 3.77. The van der Waals surface area contributed by atoms with E-state index in [4.69, 9.17) is 0 Å². The van der Waals surface area contributed by atoms with Gasteiger partial charge in [0, 0.05) is 21.6 Å². The van der Waals surface area contributed by atoms with Crippen LogP contribution in [0.1, 0.15) is 5.56 Å². The molecular formula is C15H12BrNO2S2. The second-order valence-corrected chi connectivity index (χ2v) is 8.18. The van der Waals surface area contributed by atoms with Crippen molar-refractivity contribution in [3.8, 4) is 11.3 Å². The van der Waals surface area contributed by atoms with E-state index in [9.17, 15) is 8.42 Å². The summed E-state index contributed by atoms with van der Waals surface area (Å²) >= 11 is 4.90. The van der Waals surface area contributed by atoms with E-state index in [1.54, 1.807) is 30.5 Å². The van der Waals surface area contributed by atoms with Crippen LogP contribution in [0.25, 0.3) is 11.3 Å². The minimum Gasteiger partial charge on any atom is -0.240 e. The summed E-state index contributed by atoms with van der Waals surface area (Å²) < 4.78 is 27.7. The van der Waals surface area contributed by atoms with Crippen LogP contribution in [0.4, 0.5) is 0 Å². The van der Waals surface area contributed by atoms with Gasteiger partial charge in [0.1, 0.15) is 0 Å². The van der Waals surface area contributed by atoms with E-state index in [0.29, 0.717) is 5.69 Å². The minimum absolute atomic E-state index is 0.285. The summed E-state index contributed by atoms with van der Waals surface area (Å²) in [6.45, 7) is 1.93. The van der Waals surface area contributed by atoms with E-state index in [0.717, 1.165) is 15.6 Å². The standard InChI is InChI=1S/C15H12BrNO2S2/c1-11-2-4-14(5-3-11)21(18,19)17-9-13(16)8-15(17)12-6-7-20-10-12/h2-10H,1H3. The number of aromatic nitrogens is 1. The van der Waals surface area contributed by atoms with Crippen molar-refractivity contribution in [2.75, 3.05) is 0 Å². The van der Waals surface area contributed by atoms with Gasteiger partial charge >= 0.3 is 0 Å². The van der Waals surface area contributed by atoms with Crippen molar-refractivity contribution in [1.82, 2.24) is 3.97 Å². The third-order valence-electron chi connectivity index (χ3n) is 3.15. The van der Waals surface area contributed by atoms with Crippen molar-refractivity contribution in [2.45, 2.75) is 11.8 Å². The maximum atomic E-state index is 12.8. The molecule has 0 saturated heterocycles. The number of hydrogen-bond acceptors (Lipinski definition) is 3. The molecule has 0 aliphatic carbocycles. The molecule has 0 unspecified atom stereocenters. The summed E-state index contributed by atoms with van der Waals surface area (Å²) in [4.78, 5) is 0.285. The van der Waals surface area contributed by atoms with E-state index in [1.807, 2.05) is 29.8 Å². The molecule has 2 aromatic heterocycles. The molecule has 3 rings (SSSR count). The average molecular weight is 382 g/mol. The van der Waals surface area contributed by atoms with Crippen LogP contribution in [0, 0.1) is 6.92 Å². The zero-order chi connectivity index (χ0) is 15.0. The smallest absolute Gasteiger partial charge is 0.240 e. The molecule has 0 amide bonds. The van der Waals surface area contributed by atoms with E-state index >= 15 is 0 Å². The predicted octanol–water partition coefficient (Wildman–Crippen LogP) is 4.52. The Balaban J connectivity index is 2.18. The molecule has 0 aliphatic rings. The van der Waals surface area contributed by atoms with Crippen LogP contribution < -0.4 is 0 Å². The highest BCUT2D eigenvalue weighted by atomic mass is 79.9.